The number of amides is 1. The molecular formula is C30H42BrNO8. The van der Waals surface area contributed by atoms with Crippen molar-refractivity contribution in [3.05, 3.63) is 59.7 Å². The zero-order valence-corrected chi connectivity index (χ0v) is 25.0. The number of ether oxygens (including phenoxy) is 7. The van der Waals surface area contributed by atoms with Crippen molar-refractivity contribution in [3.63, 3.8) is 0 Å². The molecule has 1 aliphatic carbocycles. The van der Waals surface area contributed by atoms with Gasteiger partial charge in [-0.05, 0) is 22.3 Å². The molecule has 40 heavy (non-hydrogen) atoms. The molecule has 0 N–H and O–H groups in total. The van der Waals surface area contributed by atoms with Crippen LogP contribution in [0.25, 0.3) is 11.1 Å². The van der Waals surface area contributed by atoms with Gasteiger partial charge in [-0.25, -0.2) is 4.79 Å². The fourth-order valence-electron chi connectivity index (χ4n) is 4.25. The second kappa shape index (κ2) is 19.9. The van der Waals surface area contributed by atoms with E-state index in [9.17, 15) is 4.79 Å². The van der Waals surface area contributed by atoms with E-state index in [1.165, 1.54) is 27.2 Å². The molecule has 0 radical (unpaired) electrons. The molecule has 2 aromatic carbocycles. The maximum Gasteiger partial charge on any atom is 0.409 e. The van der Waals surface area contributed by atoms with Crippen LogP contribution in [0.15, 0.2) is 48.5 Å². The van der Waals surface area contributed by atoms with Gasteiger partial charge in [0.25, 0.3) is 0 Å². The molecule has 0 fully saturated rings. The standard InChI is InChI=1S/C30H42BrNO8/c1-32(30(33)40-24-29-27-8-4-2-6-25(27)26-7-3-5-9-28(26)29)11-13-35-15-17-37-19-21-39-23-22-38-20-18-36-16-14-34-12-10-31/h2-9,29H,10-24H2,1H3. The SMILES string of the molecule is CN(CCOCCOCCOCCOCCOCCOCCBr)C(=O)OCC1c2ccccc2-c2ccccc21. The van der Waals surface area contributed by atoms with Gasteiger partial charge in [-0.1, -0.05) is 64.5 Å². The van der Waals surface area contributed by atoms with Crippen molar-refractivity contribution in [1.29, 1.82) is 0 Å². The summed E-state index contributed by atoms with van der Waals surface area (Å²) < 4.78 is 38.4. The predicted molar refractivity (Wildman–Crippen MR) is 156 cm³/mol. The third kappa shape index (κ3) is 11.4. The minimum atomic E-state index is -0.356. The highest BCUT2D eigenvalue weighted by atomic mass is 79.9. The molecule has 0 aliphatic heterocycles. The van der Waals surface area contributed by atoms with Gasteiger partial charge in [-0.2, -0.15) is 0 Å². The van der Waals surface area contributed by atoms with E-state index in [2.05, 4.69) is 40.2 Å². The van der Waals surface area contributed by atoms with Crippen molar-refractivity contribution < 1.29 is 38.0 Å². The lowest BCUT2D eigenvalue weighted by Gasteiger charge is -2.19. The summed E-state index contributed by atoms with van der Waals surface area (Å²) in [4.78, 5) is 14.1. The molecule has 0 saturated carbocycles. The number of rotatable bonds is 22. The lowest BCUT2D eigenvalue weighted by Crippen LogP contribution is -2.32. The Balaban J connectivity index is 1.12. The molecule has 0 saturated heterocycles. The minimum absolute atomic E-state index is 0.0499. The van der Waals surface area contributed by atoms with E-state index < -0.39 is 0 Å². The van der Waals surface area contributed by atoms with Crippen molar-refractivity contribution in [2.24, 2.45) is 0 Å². The summed E-state index contributed by atoms with van der Waals surface area (Å²) in [6.07, 6.45) is -0.356. The van der Waals surface area contributed by atoms with Crippen LogP contribution in [0.1, 0.15) is 17.0 Å². The Hall–Kier alpha value is -2.05. The first kappa shape index (κ1) is 32.5. The molecule has 0 spiro atoms. The Morgan fingerprint density at radius 2 is 1.05 bits per heavy atom. The van der Waals surface area contributed by atoms with E-state index in [-0.39, 0.29) is 12.0 Å². The predicted octanol–water partition coefficient (Wildman–Crippen LogP) is 4.36. The quantitative estimate of drug-likeness (QED) is 0.141. The molecule has 0 aromatic heterocycles. The van der Waals surface area contributed by atoms with Gasteiger partial charge in [0.05, 0.1) is 79.3 Å². The van der Waals surface area contributed by atoms with Gasteiger partial charge in [0, 0.05) is 24.8 Å². The van der Waals surface area contributed by atoms with Crippen LogP contribution in [0.3, 0.4) is 0 Å². The number of carbonyl (C=O) groups excluding carboxylic acids is 1. The zero-order chi connectivity index (χ0) is 28.3. The van der Waals surface area contributed by atoms with E-state index >= 15 is 0 Å². The number of halogens is 1. The molecule has 1 aliphatic rings. The Morgan fingerprint density at radius 1 is 0.650 bits per heavy atom. The molecule has 0 atom stereocenters. The van der Waals surface area contributed by atoms with Crippen LogP contribution < -0.4 is 0 Å². The van der Waals surface area contributed by atoms with E-state index in [4.69, 9.17) is 33.2 Å². The molecule has 3 rings (SSSR count). The molecule has 1 amide bonds. The summed E-state index contributed by atoms with van der Waals surface area (Å²) in [5, 5.41) is 0.834. The Bertz CT molecular complexity index is 933. The third-order valence-corrected chi connectivity index (χ3v) is 6.62. The monoisotopic (exact) mass is 623 g/mol. The number of fused-ring (bicyclic) bond motifs is 3. The highest BCUT2D eigenvalue weighted by Gasteiger charge is 2.29. The molecule has 222 valence electrons. The second-order valence-corrected chi connectivity index (χ2v) is 9.88. The zero-order valence-electron chi connectivity index (χ0n) is 23.4. The summed E-state index contributed by atoms with van der Waals surface area (Å²) in [5.74, 6) is 0.0499. The summed E-state index contributed by atoms with van der Waals surface area (Å²) >= 11 is 3.30. The number of likely N-dealkylation sites (N-methyl/N-ethyl adjacent to an activating group) is 1. The van der Waals surface area contributed by atoms with Gasteiger partial charge in [0.1, 0.15) is 6.61 Å². The van der Waals surface area contributed by atoms with Crippen LogP contribution in [0, 0.1) is 0 Å². The van der Waals surface area contributed by atoms with Gasteiger partial charge in [-0.15, -0.1) is 0 Å². The Labute approximate surface area is 246 Å². The minimum Gasteiger partial charge on any atom is -0.448 e. The normalized spacial score (nSPS) is 12.3. The number of carbonyl (C=O) groups is 1. The smallest absolute Gasteiger partial charge is 0.409 e. The summed E-state index contributed by atoms with van der Waals surface area (Å²) in [7, 11) is 1.72. The van der Waals surface area contributed by atoms with Crippen LogP contribution in [-0.2, 0) is 33.2 Å². The van der Waals surface area contributed by atoms with Gasteiger partial charge in [0.15, 0.2) is 0 Å². The maximum atomic E-state index is 12.5. The van der Waals surface area contributed by atoms with Crippen molar-refractivity contribution in [3.8, 4) is 11.1 Å². The first-order valence-corrected chi connectivity index (χ1v) is 14.9. The number of hydrogen-bond acceptors (Lipinski definition) is 8. The molecule has 10 heteroatoms. The Morgan fingerprint density at radius 3 is 1.50 bits per heavy atom. The van der Waals surface area contributed by atoms with E-state index in [1.54, 1.807) is 7.05 Å². The molecule has 0 unspecified atom stereocenters. The first-order valence-electron chi connectivity index (χ1n) is 13.8. The van der Waals surface area contributed by atoms with E-state index in [0.717, 1.165) is 5.33 Å². The topological polar surface area (TPSA) is 84.9 Å². The van der Waals surface area contributed by atoms with Crippen molar-refractivity contribution in [1.82, 2.24) is 4.90 Å². The van der Waals surface area contributed by atoms with Gasteiger partial charge >= 0.3 is 6.09 Å². The van der Waals surface area contributed by atoms with Crippen LogP contribution in [0.2, 0.25) is 0 Å². The fraction of sp³-hybridized carbons (Fsp3) is 0.567. The number of hydrogen-bond donors (Lipinski definition) is 0. The molecule has 0 bridgehead atoms. The number of nitrogens with zero attached hydrogens (tertiary/aromatic N) is 1. The average Bonchev–Trinajstić information content (AvgIpc) is 3.30. The average molecular weight is 625 g/mol. The van der Waals surface area contributed by atoms with Crippen molar-refractivity contribution >= 4 is 22.0 Å². The summed E-state index contributed by atoms with van der Waals surface area (Å²) in [5.41, 5.74) is 4.82. The highest BCUT2D eigenvalue weighted by molar-refractivity contribution is 9.09. The summed E-state index contributed by atoms with van der Waals surface area (Å²) in [6, 6.07) is 16.6. The highest BCUT2D eigenvalue weighted by Crippen LogP contribution is 2.44. The maximum absolute atomic E-state index is 12.5. The molecule has 2 aromatic rings. The lowest BCUT2D eigenvalue weighted by atomic mass is 9.98. The van der Waals surface area contributed by atoms with Gasteiger partial charge in [0.2, 0.25) is 0 Å². The summed E-state index contributed by atoms with van der Waals surface area (Å²) in [6.45, 7) is 7.01. The van der Waals surface area contributed by atoms with E-state index in [0.29, 0.717) is 92.4 Å². The van der Waals surface area contributed by atoms with Crippen LogP contribution >= 0.6 is 15.9 Å². The Kier molecular flexibility index (Phi) is 16.2. The van der Waals surface area contributed by atoms with Crippen molar-refractivity contribution in [2.45, 2.75) is 5.92 Å². The van der Waals surface area contributed by atoms with Crippen LogP contribution in [0.4, 0.5) is 4.79 Å². The third-order valence-electron chi connectivity index (χ3n) is 6.30. The number of benzene rings is 2. The number of alkyl halides is 1. The van der Waals surface area contributed by atoms with Crippen LogP contribution in [-0.4, -0.2) is 116 Å². The second-order valence-electron chi connectivity index (χ2n) is 9.09. The van der Waals surface area contributed by atoms with Crippen molar-refractivity contribution in [2.75, 3.05) is 105 Å². The van der Waals surface area contributed by atoms with Crippen LogP contribution in [0.5, 0.6) is 0 Å². The molecular weight excluding hydrogens is 582 g/mol. The molecule has 9 nitrogen and oxygen atoms in total. The molecule has 0 heterocycles. The van der Waals surface area contributed by atoms with E-state index in [1.807, 2.05) is 24.3 Å². The van der Waals surface area contributed by atoms with Gasteiger partial charge < -0.3 is 38.1 Å². The first-order chi connectivity index (χ1) is 19.7. The van der Waals surface area contributed by atoms with Gasteiger partial charge in [-0.3, -0.25) is 0 Å². The lowest BCUT2D eigenvalue weighted by molar-refractivity contribution is -0.0167. The fourth-order valence-corrected chi connectivity index (χ4v) is 4.48. The largest absolute Gasteiger partial charge is 0.448 e.